The Hall–Kier alpha value is -2.11. The summed E-state index contributed by atoms with van der Waals surface area (Å²) in [4.78, 5) is 27.8. The number of carboxylic acid groups (broad SMARTS) is 2. The van der Waals surface area contributed by atoms with Crippen molar-refractivity contribution in [3.63, 3.8) is 0 Å². The molecular formula is C12H14N2O4. The first-order chi connectivity index (χ1) is 8.58. The summed E-state index contributed by atoms with van der Waals surface area (Å²) in [6.07, 6.45) is 2.86. The predicted molar refractivity (Wildman–Crippen MR) is 63.8 cm³/mol. The van der Waals surface area contributed by atoms with E-state index in [1.807, 2.05) is 4.90 Å². The minimum Gasteiger partial charge on any atom is -0.481 e. The van der Waals surface area contributed by atoms with Crippen molar-refractivity contribution in [2.75, 3.05) is 18.0 Å². The van der Waals surface area contributed by atoms with Gasteiger partial charge in [-0.1, -0.05) is 0 Å². The van der Waals surface area contributed by atoms with Crippen LogP contribution in [-0.2, 0) is 4.79 Å². The molecule has 1 aromatic rings. The predicted octanol–water partition coefficient (Wildman–Crippen LogP) is 1.08. The molecule has 2 N–H and O–H groups in total. The number of hydrogen-bond donors (Lipinski definition) is 2. The zero-order chi connectivity index (χ0) is 13.1. The van der Waals surface area contributed by atoms with Crippen LogP contribution in [-0.4, -0.2) is 40.2 Å². The molecule has 0 spiro atoms. The highest BCUT2D eigenvalue weighted by Crippen LogP contribution is 2.22. The van der Waals surface area contributed by atoms with Crippen molar-refractivity contribution in [3.05, 3.63) is 23.9 Å². The van der Waals surface area contributed by atoms with Gasteiger partial charge in [-0.2, -0.15) is 0 Å². The topological polar surface area (TPSA) is 90.7 Å². The lowest BCUT2D eigenvalue weighted by Gasteiger charge is -2.31. The summed E-state index contributed by atoms with van der Waals surface area (Å²) in [5.41, 5.74) is 0.164. The molecule has 1 aliphatic heterocycles. The first-order valence-corrected chi connectivity index (χ1v) is 5.75. The van der Waals surface area contributed by atoms with Crippen LogP contribution in [0.15, 0.2) is 18.3 Å². The molecular weight excluding hydrogens is 236 g/mol. The molecule has 1 atom stereocenters. The first kappa shape index (κ1) is 12.3. The molecule has 1 fully saturated rings. The van der Waals surface area contributed by atoms with E-state index in [-0.39, 0.29) is 5.56 Å². The van der Waals surface area contributed by atoms with Crippen LogP contribution >= 0.6 is 0 Å². The van der Waals surface area contributed by atoms with E-state index in [0.717, 1.165) is 6.42 Å². The van der Waals surface area contributed by atoms with Crippen molar-refractivity contribution in [1.29, 1.82) is 0 Å². The Bertz CT molecular complexity index is 475. The number of carboxylic acids is 2. The van der Waals surface area contributed by atoms with E-state index in [0.29, 0.717) is 25.3 Å². The molecule has 1 unspecified atom stereocenters. The maximum Gasteiger partial charge on any atom is 0.335 e. The normalized spacial score (nSPS) is 19.6. The summed E-state index contributed by atoms with van der Waals surface area (Å²) in [6, 6.07) is 2.90. The lowest BCUT2D eigenvalue weighted by molar-refractivity contribution is -0.141. The van der Waals surface area contributed by atoms with Crippen LogP contribution in [0.4, 0.5) is 5.82 Å². The molecule has 0 radical (unpaired) electrons. The minimum absolute atomic E-state index is 0.164. The Morgan fingerprint density at radius 3 is 2.83 bits per heavy atom. The maximum absolute atomic E-state index is 11.0. The summed E-state index contributed by atoms with van der Waals surface area (Å²) >= 11 is 0. The van der Waals surface area contributed by atoms with Crippen molar-refractivity contribution >= 4 is 17.8 Å². The lowest BCUT2D eigenvalue weighted by atomic mass is 9.98. The fraction of sp³-hybridized carbons (Fsp3) is 0.417. The third-order valence-electron chi connectivity index (χ3n) is 3.09. The van der Waals surface area contributed by atoms with Gasteiger partial charge in [0.1, 0.15) is 5.82 Å². The fourth-order valence-corrected chi connectivity index (χ4v) is 2.11. The SMILES string of the molecule is O=C(O)c1ccnc(N2CCCC(C(=O)O)C2)c1. The standard InChI is InChI=1S/C12H14N2O4/c15-11(16)8-3-4-13-10(6-8)14-5-1-2-9(7-14)12(17)18/h3-4,6,9H,1-2,5,7H2,(H,15,16)(H,17,18). The molecule has 1 saturated heterocycles. The molecule has 6 nitrogen and oxygen atoms in total. The van der Waals surface area contributed by atoms with Gasteiger partial charge in [-0.15, -0.1) is 0 Å². The van der Waals surface area contributed by atoms with Gasteiger partial charge in [0.15, 0.2) is 0 Å². The highest BCUT2D eigenvalue weighted by atomic mass is 16.4. The van der Waals surface area contributed by atoms with E-state index < -0.39 is 17.9 Å². The van der Waals surface area contributed by atoms with Gasteiger partial charge in [-0.05, 0) is 25.0 Å². The highest BCUT2D eigenvalue weighted by molar-refractivity contribution is 5.88. The second-order valence-electron chi connectivity index (χ2n) is 4.33. The van der Waals surface area contributed by atoms with Crippen LogP contribution in [0.25, 0.3) is 0 Å². The smallest absolute Gasteiger partial charge is 0.335 e. The molecule has 0 amide bonds. The minimum atomic E-state index is -1.01. The number of aromatic carboxylic acids is 1. The molecule has 2 heterocycles. The average Bonchev–Trinajstić information content (AvgIpc) is 2.39. The van der Waals surface area contributed by atoms with E-state index in [9.17, 15) is 9.59 Å². The van der Waals surface area contributed by atoms with Gasteiger partial charge in [-0.25, -0.2) is 9.78 Å². The van der Waals surface area contributed by atoms with E-state index >= 15 is 0 Å². The van der Waals surface area contributed by atoms with Crippen LogP contribution in [0.3, 0.4) is 0 Å². The Labute approximate surface area is 104 Å². The van der Waals surface area contributed by atoms with E-state index in [4.69, 9.17) is 10.2 Å². The van der Waals surface area contributed by atoms with Gasteiger partial charge in [-0.3, -0.25) is 4.79 Å². The van der Waals surface area contributed by atoms with E-state index in [1.54, 1.807) is 0 Å². The molecule has 2 rings (SSSR count). The Balaban J connectivity index is 2.18. The Morgan fingerprint density at radius 1 is 1.39 bits per heavy atom. The molecule has 0 bridgehead atoms. The summed E-state index contributed by atoms with van der Waals surface area (Å²) in [7, 11) is 0. The van der Waals surface area contributed by atoms with Crippen molar-refractivity contribution in [3.8, 4) is 0 Å². The van der Waals surface area contributed by atoms with Crippen LogP contribution in [0.2, 0.25) is 0 Å². The van der Waals surface area contributed by atoms with Gasteiger partial charge in [0.05, 0.1) is 11.5 Å². The second-order valence-corrected chi connectivity index (χ2v) is 4.33. The van der Waals surface area contributed by atoms with Crippen LogP contribution in [0, 0.1) is 5.92 Å². The summed E-state index contributed by atoms with van der Waals surface area (Å²) < 4.78 is 0. The molecule has 1 aliphatic rings. The number of aromatic nitrogens is 1. The van der Waals surface area contributed by atoms with Crippen LogP contribution in [0.5, 0.6) is 0 Å². The highest BCUT2D eigenvalue weighted by Gasteiger charge is 2.26. The second kappa shape index (κ2) is 5.03. The Kier molecular flexibility index (Phi) is 3.45. The van der Waals surface area contributed by atoms with Gasteiger partial charge >= 0.3 is 11.9 Å². The summed E-state index contributed by atoms with van der Waals surface area (Å²) in [5.74, 6) is -1.70. The van der Waals surface area contributed by atoms with Gasteiger partial charge < -0.3 is 15.1 Å². The zero-order valence-electron chi connectivity index (χ0n) is 9.74. The number of anilines is 1. The average molecular weight is 250 g/mol. The van der Waals surface area contributed by atoms with Gasteiger partial charge in [0.25, 0.3) is 0 Å². The summed E-state index contributed by atoms with van der Waals surface area (Å²) in [6.45, 7) is 1.09. The number of hydrogen-bond acceptors (Lipinski definition) is 4. The van der Waals surface area contributed by atoms with Crippen LogP contribution in [0.1, 0.15) is 23.2 Å². The molecule has 0 saturated carbocycles. The zero-order valence-corrected chi connectivity index (χ0v) is 9.74. The molecule has 18 heavy (non-hydrogen) atoms. The number of rotatable bonds is 3. The lowest BCUT2D eigenvalue weighted by Crippen LogP contribution is -2.39. The maximum atomic E-state index is 11.0. The molecule has 96 valence electrons. The van der Waals surface area contributed by atoms with Crippen LogP contribution < -0.4 is 4.90 Å². The number of piperidine rings is 1. The molecule has 0 aromatic carbocycles. The third-order valence-corrected chi connectivity index (χ3v) is 3.09. The van der Waals surface area contributed by atoms with E-state index in [2.05, 4.69) is 4.98 Å². The number of nitrogens with zero attached hydrogens (tertiary/aromatic N) is 2. The molecule has 0 aliphatic carbocycles. The largest absolute Gasteiger partial charge is 0.481 e. The fourth-order valence-electron chi connectivity index (χ4n) is 2.11. The Morgan fingerprint density at radius 2 is 2.17 bits per heavy atom. The molecule has 6 heteroatoms. The van der Waals surface area contributed by atoms with Crippen molar-refractivity contribution in [1.82, 2.24) is 4.98 Å². The van der Waals surface area contributed by atoms with Gasteiger partial charge in [0.2, 0.25) is 0 Å². The number of aliphatic carboxylic acids is 1. The quantitative estimate of drug-likeness (QED) is 0.834. The number of carbonyl (C=O) groups is 2. The molecule has 1 aromatic heterocycles. The van der Waals surface area contributed by atoms with Crippen molar-refractivity contribution in [2.24, 2.45) is 5.92 Å². The monoisotopic (exact) mass is 250 g/mol. The number of pyridine rings is 1. The van der Waals surface area contributed by atoms with Crippen molar-refractivity contribution in [2.45, 2.75) is 12.8 Å². The van der Waals surface area contributed by atoms with Crippen molar-refractivity contribution < 1.29 is 19.8 Å². The third kappa shape index (κ3) is 2.58. The first-order valence-electron chi connectivity index (χ1n) is 5.75. The van der Waals surface area contributed by atoms with E-state index in [1.165, 1.54) is 18.3 Å². The van der Waals surface area contributed by atoms with Gasteiger partial charge in [0, 0.05) is 19.3 Å². The summed E-state index contributed by atoms with van der Waals surface area (Å²) in [5, 5.41) is 17.9.